The minimum atomic E-state index is -1.33. The normalized spacial score (nSPS) is 15.4. The first-order chi connectivity index (χ1) is 19.1. The predicted octanol–water partition coefficient (Wildman–Crippen LogP) is 2.57. The van der Waals surface area contributed by atoms with Gasteiger partial charge in [0.05, 0.1) is 24.4 Å². The summed E-state index contributed by atoms with van der Waals surface area (Å²) < 4.78 is 40.0. The monoisotopic (exact) mass is 571 g/mol. The molecule has 0 saturated carbocycles. The number of thioether (sulfide) groups is 1. The van der Waals surface area contributed by atoms with Crippen LogP contribution >= 0.6 is 11.8 Å². The van der Waals surface area contributed by atoms with E-state index in [-0.39, 0.29) is 22.6 Å². The lowest BCUT2D eigenvalue weighted by Gasteiger charge is -2.20. The number of amides is 3. The number of halogens is 2. The highest BCUT2D eigenvalue weighted by molar-refractivity contribution is 8.18. The van der Waals surface area contributed by atoms with E-state index >= 15 is 0 Å². The topological polar surface area (TPSA) is 165 Å². The maximum absolute atomic E-state index is 15.0. The number of rotatable bonds is 10. The number of benzene rings is 2. The third-order valence-electron chi connectivity index (χ3n) is 5.73. The largest absolute Gasteiger partial charge is 0.467 e. The second-order valence-electron chi connectivity index (χ2n) is 8.55. The van der Waals surface area contributed by atoms with Crippen LogP contribution in [0, 0.1) is 11.6 Å². The van der Waals surface area contributed by atoms with Crippen LogP contribution in [-0.4, -0.2) is 52.2 Å². The summed E-state index contributed by atoms with van der Waals surface area (Å²) in [6.07, 6.45) is 4.13. The van der Waals surface area contributed by atoms with E-state index in [1.807, 2.05) is 0 Å². The maximum atomic E-state index is 15.0. The zero-order valence-corrected chi connectivity index (χ0v) is 21.7. The molecule has 40 heavy (non-hydrogen) atoms. The third kappa shape index (κ3) is 6.90. The van der Waals surface area contributed by atoms with Gasteiger partial charge in [-0.3, -0.25) is 19.7 Å². The first-order valence-corrected chi connectivity index (χ1v) is 12.6. The van der Waals surface area contributed by atoms with E-state index in [2.05, 4.69) is 20.6 Å². The Morgan fingerprint density at radius 1 is 1.12 bits per heavy atom. The highest BCUT2D eigenvalue weighted by Gasteiger charge is 2.28. The van der Waals surface area contributed by atoms with Gasteiger partial charge in [0.15, 0.2) is 11.6 Å². The van der Waals surface area contributed by atoms with Crippen molar-refractivity contribution in [1.29, 1.82) is 0 Å². The molecule has 1 fully saturated rings. The highest BCUT2D eigenvalue weighted by Crippen LogP contribution is 2.30. The Kier molecular flexibility index (Phi) is 8.91. The number of H-pyrrole nitrogens is 1. The molecule has 11 nitrogen and oxygen atoms in total. The molecule has 5 N–H and O–H groups in total. The van der Waals surface area contributed by atoms with Gasteiger partial charge in [-0.05, 0) is 47.2 Å². The van der Waals surface area contributed by atoms with Crippen LogP contribution in [0.2, 0.25) is 0 Å². The van der Waals surface area contributed by atoms with Crippen LogP contribution in [0.5, 0.6) is 11.5 Å². The molecule has 1 saturated heterocycles. The first kappa shape index (κ1) is 28.4. The Balaban J connectivity index is 1.43. The van der Waals surface area contributed by atoms with Crippen molar-refractivity contribution >= 4 is 40.9 Å². The molecule has 14 heteroatoms. The van der Waals surface area contributed by atoms with Crippen LogP contribution in [0.25, 0.3) is 6.08 Å². The number of esters is 1. The molecule has 0 radical (unpaired) electrons. The number of carbonyl (C=O) groups is 4. The standard InChI is InChI=1S/C26H23F2N5O6S/c1-38-25(36)18(32-23(34)17(29)10-15-11-30-12-31-15)9-14-4-7-19(22(28)21(14)27)39-16-5-2-13(3-6-16)8-20-24(35)33-26(37)40-20/h2-8,11-12,17-18H,9-10,29H2,1H3,(H,30,31)(H,32,34)(H,33,35,37). The Hall–Kier alpha value is -4.56. The fraction of sp³-hybridized carbons (Fsp3) is 0.192. The number of aromatic amines is 1. The van der Waals surface area contributed by atoms with Gasteiger partial charge < -0.3 is 25.5 Å². The van der Waals surface area contributed by atoms with Gasteiger partial charge in [0.25, 0.3) is 11.1 Å². The number of carbonyl (C=O) groups excluding carboxylic acids is 4. The summed E-state index contributed by atoms with van der Waals surface area (Å²) in [6.45, 7) is 0. The second kappa shape index (κ2) is 12.5. The summed E-state index contributed by atoms with van der Waals surface area (Å²) in [7, 11) is 1.10. The molecular formula is C26H23F2N5O6S. The molecule has 3 amide bonds. The lowest BCUT2D eigenvalue weighted by Crippen LogP contribution is -2.50. The van der Waals surface area contributed by atoms with E-state index in [1.165, 1.54) is 42.9 Å². The summed E-state index contributed by atoms with van der Waals surface area (Å²) in [5.74, 6) is -4.86. The van der Waals surface area contributed by atoms with E-state index in [0.29, 0.717) is 11.3 Å². The SMILES string of the molecule is COC(=O)C(Cc1ccc(Oc2ccc(C=C3SC(=O)NC3=O)cc2)c(F)c1F)NC(=O)C(N)Cc1cnc[nH]1. The van der Waals surface area contributed by atoms with Crippen LogP contribution in [0.3, 0.4) is 0 Å². The fourth-order valence-electron chi connectivity index (χ4n) is 3.70. The summed E-state index contributed by atoms with van der Waals surface area (Å²) in [5, 5.41) is 4.11. The number of nitrogens with zero attached hydrogens (tertiary/aromatic N) is 1. The number of hydrogen-bond acceptors (Lipinski definition) is 9. The first-order valence-electron chi connectivity index (χ1n) is 11.7. The zero-order chi connectivity index (χ0) is 28.8. The van der Waals surface area contributed by atoms with Gasteiger partial charge in [-0.15, -0.1) is 0 Å². The number of methoxy groups -OCH3 is 1. The van der Waals surface area contributed by atoms with Crippen molar-refractivity contribution in [3.05, 3.63) is 82.3 Å². The van der Waals surface area contributed by atoms with Crippen molar-refractivity contribution in [3.63, 3.8) is 0 Å². The van der Waals surface area contributed by atoms with Gasteiger partial charge in [0, 0.05) is 24.7 Å². The number of ether oxygens (including phenoxy) is 2. The number of aromatic nitrogens is 2. The fourth-order valence-corrected chi connectivity index (χ4v) is 4.38. The van der Waals surface area contributed by atoms with Crippen LogP contribution < -0.4 is 21.1 Å². The van der Waals surface area contributed by atoms with Crippen molar-refractivity contribution in [2.45, 2.75) is 24.9 Å². The smallest absolute Gasteiger partial charge is 0.328 e. The number of hydrogen-bond donors (Lipinski definition) is 4. The van der Waals surface area contributed by atoms with Gasteiger partial charge in [-0.2, -0.15) is 4.39 Å². The average Bonchev–Trinajstić information content (AvgIpc) is 3.56. The third-order valence-corrected chi connectivity index (χ3v) is 6.54. The van der Waals surface area contributed by atoms with Crippen molar-refractivity contribution in [2.24, 2.45) is 5.73 Å². The van der Waals surface area contributed by atoms with E-state index < -0.39 is 58.9 Å². The summed E-state index contributed by atoms with van der Waals surface area (Å²) in [4.78, 5) is 54.7. The molecule has 2 heterocycles. The van der Waals surface area contributed by atoms with Crippen molar-refractivity contribution in [3.8, 4) is 11.5 Å². The lowest BCUT2D eigenvalue weighted by atomic mass is 10.0. The van der Waals surface area contributed by atoms with Crippen molar-refractivity contribution < 1.29 is 37.4 Å². The quantitative estimate of drug-likeness (QED) is 0.211. The Morgan fingerprint density at radius 3 is 2.50 bits per heavy atom. The molecule has 1 aliphatic rings. The summed E-state index contributed by atoms with van der Waals surface area (Å²) in [5.41, 5.74) is 6.89. The van der Waals surface area contributed by atoms with E-state index in [4.69, 9.17) is 15.2 Å². The Morgan fingerprint density at radius 2 is 1.88 bits per heavy atom. The minimum Gasteiger partial charge on any atom is -0.467 e. The predicted molar refractivity (Wildman–Crippen MR) is 140 cm³/mol. The van der Waals surface area contributed by atoms with E-state index in [9.17, 15) is 28.0 Å². The van der Waals surface area contributed by atoms with Gasteiger partial charge in [-0.25, -0.2) is 14.2 Å². The number of imidazole rings is 1. The Bertz CT molecular complexity index is 1460. The van der Waals surface area contributed by atoms with Crippen LogP contribution in [0.4, 0.5) is 13.6 Å². The maximum Gasteiger partial charge on any atom is 0.328 e. The number of nitrogens with two attached hydrogens (primary N) is 1. The van der Waals surface area contributed by atoms with E-state index in [1.54, 1.807) is 12.1 Å². The van der Waals surface area contributed by atoms with Crippen LogP contribution in [-0.2, 0) is 32.0 Å². The van der Waals surface area contributed by atoms with Gasteiger partial charge in [0.1, 0.15) is 11.8 Å². The van der Waals surface area contributed by atoms with Gasteiger partial charge in [-0.1, -0.05) is 18.2 Å². The number of imide groups is 1. The van der Waals surface area contributed by atoms with Crippen LogP contribution in [0.15, 0.2) is 53.8 Å². The molecule has 1 aromatic heterocycles. The average molecular weight is 572 g/mol. The molecule has 208 valence electrons. The highest BCUT2D eigenvalue weighted by atomic mass is 32.2. The van der Waals surface area contributed by atoms with Crippen molar-refractivity contribution in [2.75, 3.05) is 7.11 Å². The molecule has 4 rings (SSSR count). The molecule has 0 aliphatic carbocycles. The molecule has 3 aromatic rings. The number of nitrogens with one attached hydrogen (secondary N) is 3. The van der Waals surface area contributed by atoms with Gasteiger partial charge in [0.2, 0.25) is 11.7 Å². The van der Waals surface area contributed by atoms with E-state index in [0.717, 1.165) is 18.9 Å². The molecule has 0 spiro atoms. The minimum absolute atomic E-state index is 0.112. The molecule has 2 atom stereocenters. The zero-order valence-electron chi connectivity index (χ0n) is 20.9. The molecule has 1 aliphatic heterocycles. The van der Waals surface area contributed by atoms with Crippen molar-refractivity contribution in [1.82, 2.24) is 20.6 Å². The lowest BCUT2D eigenvalue weighted by molar-refractivity contribution is -0.145. The summed E-state index contributed by atoms with van der Waals surface area (Å²) in [6, 6.07) is 6.15. The molecule has 0 bridgehead atoms. The summed E-state index contributed by atoms with van der Waals surface area (Å²) >= 11 is 0.769. The Labute approximate surface area is 230 Å². The van der Waals surface area contributed by atoms with Crippen LogP contribution in [0.1, 0.15) is 16.8 Å². The molecular weight excluding hydrogens is 548 g/mol. The van der Waals surface area contributed by atoms with Gasteiger partial charge >= 0.3 is 5.97 Å². The second-order valence-corrected chi connectivity index (χ2v) is 9.56. The molecule has 2 unspecified atom stereocenters. The molecule has 2 aromatic carbocycles.